The summed E-state index contributed by atoms with van der Waals surface area (Å²) >= 11 is 0. The van der Waals surface area contributed by atoms with Crippen LogP contribution in [0.4, 0.5) is 10.5 Å². The number of likely N-dealkylation sites (tertiary alicyclic amines) is 1. The lowest BCUT2D eigenvalue weighted by Gasteiger charge is -2.33. The second kappa shape index (κ2) is 14.3. The van der Waals surface area contributed by atoms with Gasteiger partial charge in [-0.15, -0.1) is 0 Å². The summed E-state index contributed by atoms with van der Waals surface area (Å²) < 4.78 is 12.2. The Balaban J connectivity index is 1.17. The molecule has 3 N–H and O–H groups in total. The summed E-state index contributed by atoms with van der Waals surface area (Å²) in [4.78, 5) is 31.8. The second-order valence-electron chi connectivity index (χ2n) is 11.2. The van der Waals surface area contributed by atoms with Crippen molar-refractivity contribution in [3.8, 4) is 11.1 Å². The molecule has 1 aliphatic rings. The SMILES string of the molecule is COCCCn1c([C@@H]2CCCN(C(=O)C[C@H](N)Cc3ccc(-c4ccc(NC(=O)OC)cc4)cc3)C2)nc2ccccc21. The van der Waals surface area contributed by atoms with Gasteiger partial charge in [0.2, 0.25) is 5.91 Å². The second-order valence-corrected chi connectivity index (χ2v) is 11.2. The number of ether oxygens (including phenoxy) is 2. The normalized spacial score (nSPS) is 15.8. The van der Waals surface area contributed by atoms with Crippen LogP contribution in [0.1, 0.15) is 43.0 Å². The molecule has 0 unspecified atom stereocenters. The number of aryl methyl sites for hydroxylation is 1. The third-order valence-electron chi connectivity index (χ3n) is 8.09. The number of fused-ring (bicyclic) bond motifs is 1. The van der Waals surface area contributed by atoms with Crippen LogP contribution in [-0.4, -0.2) is 66.4 Å². The number of nitrogens with one attached hydrogen (secondary N) is 1. The van der Waals surface area contributed by atoms with E-state index < -0.39 is 6.09 Å². The molecule has 2 amide bonds. The minimum Gasteiger partial charge on any atom is -0.453 e. The minimum absolute atomic E-state index is 0.108. The van der Waals surface area contributed by atoms with E-state index in [-0.39, 0.29) is 17.9 Å². The quantitative estimate of drug-likeness (QED) is 0.223. The van der Waals surface area contributed by atoms with Crippen molar-refractivity contribution in [3.63, 3.8) is 0 Å². The fraction of sp³-hybridized carbons (Fsp3) is 0.382. The highest BCUT2D eigenvalue weighted by atomic mass is 16.5. The molecule has 4 aromatic rings. The van der Waals surface area contributed by atoms with Crippen molar-refractivity contribution < 1.29 is 19.1 Å². The van der Waals surface area contributed by atoms with Crippen LogP contribution in [-0.2, 0) is 27.2 Å². The molecule has 0 aliphatic carbocycles. The number of imidazole rings is 1. The Kier molecular flexibility index (Phi) is 10.1. The predicted octanol–water partition coefficient (Wildman–Crippen LogP) is 5.58. The van der Waals surface area contributed by atoms with Crippen LogP contribution in [0, 0.1) is 0 Å². The molecular formula is C34H41N5O4. The average molecular weight is 584 g/mol. The van der Waals surface area contributed by atoms with Gasteiger partial charge in [-0.05, 0) is 66.6 Å². The zero-order chi connectivity index (χ0) is 30.2. The molecule has 1 saturated heterocycles. The van der Waals surface area contributed by atoms with Gasteiger partial charge in [0.15, 0.2) is 0 Å². The van der Waals surface area contributed by atoms with Gasteiger partial charge >= 0.3 is 6.09 Å². The van der Waals surface area contributed by atoms with Crippen LogP contribution in [0.25, 0.3) is 22.2 Å². The lowest BCUT2D eigenvalue weighted by atomic mass is 9.95. The van der Waals surface area contributed by atoms with Gasteiger partial charge in [0, 0.05) is 57.4 Å². The maximum atomic E-state index is 13.4. The standard InChI is InChI=1S/C34H41N5O4/c1-42-20-6-19-39-31-9-4-3-8-30(31)37-33(39)27-7-5-18-38(23-27)32(40)22-28(35)21-24-10-12-25(13-11-24)26-14-16-29(17-15-26)36-34(41)43-2/h3-4,8-17,27-28H,5-7,18-23,35H2,1-2H3,(H,36,41)/t27-,28-/m1/s1. The summed E-state index contributed by atoms with van der Waals surface area (Å²) in [5, 5.41) is 2.65. The minimum atomic E-state index is -0.499. The zero-order valence-corrected chi connectivity index (χ0v) is 25.0. The zero-order valence-electron chi connectivity index (χ0n) is 25.0. The first-order valence-corrected chi connectivity index (χ1v) is 15.0. The van der Waals surface area contributed by atoms with Crippen molar-refractivity contribution in [2.24, 2.45) is 5.73 Å². The Hall–Kier alpha value is -4.21. The number of aromatic nitrogens is 2. The molecule has 1 aliphatic heterocycles. The van der Waals surface area contributed by atoms with Crippen molar-refractivity contribution >= 4 is 28.7 Å². The van der Waals surface area contributed by atoms with Gasteiger partial charge in [-0.1, -0.05) is 48.5 Å². The van der Waals surface area contributed by atoms with Gasteiger partial charge in [-0.25, -0.2) is 9.78 Å². The molecule has 9 nitrogen and oxygen atoms in total. The van der Waals surface area contributed by atoms with E-state index in [0.29, 0.717) is 31.7 Å². The fourth-order valence-corrected chi connectivity index (χ4v) is 5.90. The van der Waals surface area contributed by atoms with Crippen molar-refractivity contribution in [3.05, 3.63) is 84.2 Å². The van der Waals surface area contributed by atoms with Gasteiger partial charge in [0.05, 0.1) is 18.1 Å². The number of hydrogen-bond acceptors (Lipinski definition) is 6. The topological polar surface area (TPSA) is 112 Å². The summed E-state index contributed by atoms with van der Waals surface area (Å²) in [6, 6.07) is 23.8. The Morgan fingerprint density at radius 3 is 2.47 bits per heavy atom. The van der Waals surface area contributed by atoms with Crippen LogP contribution in [0.2, 0.25) is 0 Å². The largest absolute Gasteiger partial charge is 0.453 e. The molecule has 5 rings (SSSR count). The lowest BCUT2D eigenvalue weighted by molar-refractivity contribution is -0.132. The summed E-state index contributed by atoms with van der Waals surface area (Å²) in [6.45, 7) is 2.97. The van der Waals surface area contributed by atoms with Crippen LogP contribution < -0.4 is 11.1 Å². The molecule has 2 atom stereocenters. The van der Waals surface area contributed by atoms with Gasteiger partial charge in [-0.2, -0.15) is 0 Å². The number of methoxy groups -OCH3 is 2. The highest BCUT2D eigenvalue weighted by molar-refractivity contribution is 5.85. The number of piperidine rings is 1. The number of para-hydroxylation sites is 2. The summed E-state index contributed by atoms with van der Waals surface area (Å²) in [7, 11) is 3.06. The van der Waals surface area contributed by atoms with Crippen LogP contribution in [0.5, 0.6) is 0 Å². The van der Waals surface area contributed by atoms with Gasteiger partial charge < -0.3 is 24.7 Å². The van der Waals surface area contributed by atoms with E-state index >= 15 is 0 Å². The predicted molar refractivity (Wildman–Crippen MR) is 169 cm³/mol. The monoisotopic (exact) mass is 583 g/mol. The molecule has 1 fully saturated rings. The molecule has 0 saturated carbocycles. The van der Waals surface area contributed by atoms with Gasteiger partial charge in [-0.3, -0.25) is 10.1 Å². The van der Waals surface area contributed by atoms with Crippen molar-refractivity contribution in [2.75, 3.05) is 39.2 Å². The van der Waals surface area contributed by atoms with Crippen LogP contribution in [0.3, 0.4) is 0 Å². The number of amides is 2. The molecule has 9 heteroatoms. The molecule has 2 heterocycles. The summed E-state index contributed by atoms with van der Waals surface area (Å²) in [5.74, 6) is 1.37. The Bertz CT molecular complexity index is 1520. The number of anilines is 1. The third kappa shape index (κ3) is 7.60. The maximum absolute atomic E-state index is 13.4. The Morgan fingerprint density at radius 1 is 1.02 bits per heavy atom. The Morgan fingerprint density at radius 2 is 1.74 bits per heavy atom. The molecule has 226 valence electrons. The molecule has 0 bridgehead atoms. The highest BCUT2D eigenvalue weighted by Gasteiger charge is 2.29. The van der Waals surface area contributed by atoms with Crippen molar-refractivity contribution in [2.45, 2.75) is 50.6 Å². The summed E-state index contributed by atoms with van der Waals surface area (Å²) in [6.07, 6.45) is 3.32. The smallest absolute Gasteiger partial charge is 0.411 e. The van der Waals surface area contributed by atoms with E-state index in [1.807, 2.05) is 35.2 Å². The first-order chi connectivity index (χ1) is 20.9. The number of hydrogen-bond donors (Lipinski definition) is 2. The van der Waals surface area contributed by atoms with E-state index in [9.17, 15) is 9.59 Å². The van der Waals surface area contributed by atoms with Gasteiger partial charge in [0.1, 0.15) is 5.82 Å². The number of nitrogens with two attached hydrogens (primary N) is 1. The Labute approximate surface area is 253 Å². The van der Waals surface area contributed by atoms with Crippen LogP contribution in [0.15, 0.2) is 72.8 Å². The van der Waals surface area contributed by atoms with E-state index in [4.69, 9.17) is 15.5 Å². The van der Waals surface area contributed by atoms with Gasteiger partial charge in [0.25, 0.3) is 0 Å². The molecular weight excluding hydrogens is 542 g/mol. The fourth-order valence-electron chi connectivity index (χ4n) is 5.90. The highest BCUT2D eigenvalue weighted by Crippen LogP contribution is 2.30. The molecule has 3 aromatic carbocycles. The first-order valence-electron chi connectivity index (χ1n) is 15.0. The lowest BCUT2D eigenvalue weighted by Crippen LogP contribution is -2.42. The van der Waals surface area contributed by atoms with Crippen LogP contribution >= 0.6 is 0 Å². The molecule has 0 spiro atoms. The van der Waals surface area contributed by atoms with E-state index in [1.54, 1.807) is 7.11 Å². The number of carbonyl (C=O) groups excluding carboxylic acids is 2. The number of nitrogens with zero attached hydrogens (tertiary/aromatic N) is 3. The molecule has 0 radical (unpaired) electrons. The maximum Gasteiger partial charge on any atom is 0.411 e. The van der Waals surface area contributed by atoms with E-state index in [2.05, 4.69) is 57.1 Å². The third-order valence-corrected chi connectivity index (χ3v) is 8.09. The summed E-state index contributed by atoms with van der Waals surface area (Å²) in [5.41, 5.74) is 12.5. The number of carbonyl (C=O) groups is 2. The first kappa shape index (κ1) is 30.3. The average Bonchev–Trinajstić information content (AvgIpc) is 3.40. The molecule has 43 heavy (non-hydrogen) atoms. The number of benzene rings is 3. The van der Waals surface area contributed by atoms with Crippen molar-refractivity contribution in [1.29, 1.82) is 0 Å². The number of rotatable bonds is 11. The van der Waals surface area contributed by atoms with E-state index in [0.717, 1.165) is 65.9 Å². The molecule has 1 aromatic heterocycles. The van der Waals surface area contributed by atoms with E-state index in [1.165, 1.54) is 7.11 Å². The van der Waals surface area contributed by atoms with Crippen molar-refractivity contribution in [1.82, 2.24) is 14.5 Å².